The smallest absolute Gasteiger partial charge is 0.390 e. The van der Waals surface area contributed by atoms with Gasteiger partial charge in [-0.1, -0.05) is 13.0 Å². The number of halogens is 1. The van der Waals surface area contributed by atoms with Crippen molar-refractivity contribution in [3.8, 4) is 0 Å². The van der Waals surface area contributed by atoms with Crippen LogP contribution in [-0.2, 0) is 15.6 Å². The SMILES string of the molecule is CCC(NS(=O)(=O)c1ccc([N+](=O)[O-])cc1)(c1n[nH]c(=O)o1)c1c(F)ccc(C)c1C. The summed E-state index contributed by atoms with van der Waals surface area (Å²) in [4.78, 5) is 21.5. The molecule has 12 heteroatoms. The second-order valence-electron chi connectivity index (χ2n) is 6.90. The van der Waals surface area contributed by atoms with Gasteiger partial charge in [-0.05, 0) is 49.6 Å². The molecule has 31 heavy (non-hydrogen) atoms. The largest absolute Gasteiger partial charge is 0.434 e. The van der Waals surface area contributed by atoms with Gasteiger partial charge in [0, 0.05) is 17.7 Å². The number of rotatable bonds is 7. The molecule has 1 aromatic heterocycles. The summed E-state index contributed by atoms with van der Waals surface area (Å²) >= 11 is 0. The Kier molecular flexibility index (Phi) is 5.79. The zero-order chi connectivity index (χ0) is 23.0. The first-order chi connectivity index (χ1) is 14.5. The van der Waals surface area contributed by atoms with E-state index in [-0.39, 0.29) is 28.5 Å². The number of H-pyrrole nitrogens is 1. The maximum absolute atomic E-state index is 15.1. The molecular formula is C19H19FN4O6S. The first-order valence-electron chi connectivity index (χ1n) is 9.12. The van der Waals surface area contributed by atoms with E-state index in [1.54, 1.807) is 26.8 Å². The molecule has 1 unspecified atom stereocenters. The fourth-order valence-corrected chi connectivity index (χ4v) is 4.76. The number of hydrogen-bond donors (Lipinski definition) is 2. The van der Waals surface area contributed by atoms with Crippen molar-refractivity contribution in [3.63, 3.8) is 0 Å². The highest BCUT2D eigenvalue weighted by atomic mass is 32.2. The molecule has 0 spiro atoms. The zero-order valence-electron chi connectivity index (χ0n) is 16.8. The molecule has 1 heterocycles. The van der Waals surface area contributed by atoms with Gasteiger partial charge in [0.25, 0.3) is 5.69 Å². The van der Waals surface area contributed by atoms with Crippen molar-refractivity contribution in [2.75, 3.05) is 0 Å². The average Bonchev–Trinajstić information content (AvgIpc) is 3.17. The molecule has 0 amide bonds. The number of hydrogen-bond acceptors (Lipinski definition) is 7. The molecule has 0 bridgehead atoms. The molecule has 1 atom stereocenters. The summed E-state index contributed by atoms with van der Waals surface area (Å²) in [5, 5.41) is 16.7. The highest BCUT2D eigenvalue weighted by molar-refractivity contribution is 7.89. The van der Waals surface area contributed by atoms with Gasteiger partial charge >= 0.3 is 5.76 Å². The Morgan fingerprint density at radius 1 is 1.23 bits per heavy atom. The van der Waals surface area contributed by atoms with Crippen molar-refractivity contribution in [3.05, 3.63) is 85.5 Å². The molecular weight excluding hydrogens is 431 g/mol. The summed E-state index contributed by atoms with van der Waals surface area (Å²) in [6, 6.07) is 6.92. The van der Waals surface area contributed by atoms with E-state index in [2.05, 4.69) is 14.9 Å². The van der Waals surface area contributed by atoms with Crippen LogP contribution in [0.2, 0.25) is 0 Å². The van der Waals surface area contributed by atoms with Crippen molar-refractivity contribution in [1.29, 1.82) is 0 Å². The number of aromatic nitrogens is 2. The van der Waals surface area contributed by atoms with Crippen LogP contribution in [0.5, 0.6) is 0 Å². The van der Waals surface area contributed by atoms with Gasteiger partial charge in [-0.2, -0.15) is 4.72 Å². The number of aryl methyl sites for hydroxylation is 1. The van der Waals surface area contributed by atoms with Crippen LogP contribution < -0.4 is 10.5 Å². The van der Waals surface area contributed by atoms with Crippen LogP contribution in [-0.4, -0.2) is 23.5 Å². The maximum atomic E-state index is 15.1. The average molecular weight is 450 g/mol. The summed E-state index contributed by atoms with van der Waals surface area (Å²) in [5.41, 5.74) is -1.07. The predicted molar refractivity (Wildman–Crippen MR) is 107 cm³/mol. The lowest BCUT2D eigenvalue weighted by atomic mass is 9.83. The Hall–Kier alpha value is -3.38. The molecule has 0 saturated heterocycles. The minimum absolute atomic E-state index is 0.0456. The molecule has 0 aliphatic heterocycles. The van der Waals surface area contributed by atoms with E-state index in [0.29, 0.717) is 11.1 Å². The first kappa shape index (κ1) is 22.3. The van der Waals surface area contributed by atoms with Gasteiger partial charge in [0.05, 0.1) is 9.82 Å². The highest BCUT2D eigenvalue weighted by Crippen LogP contribution is 2.37. The summed E-state index contributed by atoms with van der Waals surface area (Å²) in [6.07, 6.45) is -0.0613. The fraction of sp³-hybridized carbons (Fsp3) is 0.263. The van der Waals surface area contributed by atoms with E-state index in [9.17, 15) is 23.3 Å². The lowest BCUT2D eigenvalue weighted by Crippen LogP contribution is -2.48. The van der Waals surface area contributed by atoms with Gasteiger partial charge in [0.2, 0.25) is 15.9 Å². The topological polar surface area (TPSA) is 148 Å². The third-order valence-corrected chi connectivity index (χ3v) is 6.62. The third-order valence-electron chi connectivity index (χ3n) is 5.11. The number of non-ortho nitro benzene ring substituents is 1. The van der Waals surface area contributed by atoms with Crippen molar-refractivity contribution >= 4 is 15.7 Å². The Morgan fingerprint density at radius 2 is 1.87 bits per heavy atom. The van der Waals surface area contributed by atoms with Crippen LogP contribution in [0.3, 0.4) is 0 Å². The monoisotopic (exact) mass is 450 g/mol. The minimum atomic E-state index is -4.36. The number of nitrogens with one attached hydrogen (secondary N) is 2. The minimum Gasteiger partial charge on any atom is -0.390 e. The van der Waals surface area contributed by atoms with Crippen LogP contribution >= 0.6 is 0 Å². The molecule has 3 aromatic rings. The Labute approximate surface area is 176 Å². The summed E-state index contributed by atoms with van der Waals surface area (Å²) in [7, 11) is -4.36. The highest BCUT2D eigenvalue weighted by Gasteiger charge is 2.45. The molecule has 10 nitrogen and oxygen atoms in total. The van der Waals surface area contributed by atoms with Crippen LogP contribution in [0.1, 0.15) is 35.9 Å². The fourth-order valence-electron chi connectivity index (χ4n) is 3.36. The number of nitrogens with zero attached hydrogens (tertiary/aromatic N) is 2. The van der Waals surface area contributed by atoms with E-state index in [1.807, 2.05) is 0 Å². The van der Waals surface area contributed by atoms with E-state index < -0.39 is 32.1 Å². The van der Waals surface area contributed by atoms with Gasteiger partial charge in [0.1, 0.15) is 11.4 Å². The second kappa shape index (κ2) is 8.04. The van der Waals surface area contributed by atoms with Gasteiger partial charge in [-0.3, -0.25) is 10.1 Å². The van der Waals surface area contributed by atoms with Gasteiger partial charge in [-0.15, -0.1) is 5.10 Å². The van der Waals surface area contributed by atoms with Gasteiger partial charge in [0.15, 0.2) is 0 Å². The lowest BCUT2D eigenvalue weighted by molar-refractivity contribution is -0.384. The molecule has 164 valence electrons. The maximum Gasteiger partial charge on any atom is 0.434 e. The molecule has 2 N–H and O–H groups in total. The summed E-state index contributed by atoms with van der Waals surface area (Å²) in [5.74, 6) is -2.02. The van der Waals surface area contributed by atoms with Crippen molar-refractivity contribution in [2.45, 2.75) is 37.6 Å². The summed E-state index contributed by atoms with van der Waals surface area (Å²) < 4.78 is 48.9. The molecule has 2 aromatic carbocycles. The van der Waals surface area contributed by atoms with Crippen LogP contribution in [0.25, 0.3) is 0 Å². The number of benzene rings is 2. The van der Waals surface area contributed by atoms with Crippen LogP contribution in [0.4, 0.5) is 10.1 Å². The van der Waals surface area contributed by atoms with Gasteiger partial charge < -0.3 is 4.42 Å². The molecule has 0 radical (unpaired) electrons. The van der Waals surface area contributed by atoms with E-state index in [1.165, 1.54) is 6.07 Å². The first-order valence-corrected chi connectivity index (χ1v) is 10.6. The Balaban J connectivity index is 2.24. The predicted octanol–water partition coefficient (Wildman–Crippen LogP) is 2.66. The van der Waals surface area contributed by atoms with Crippen molar-refractivity contribution in [2.24, 2.45) is 0 Å². The van der Waals surface area contributed by atoms with Crippen molar-refractivity contribution in [1.82, 2.24) is 14.9 Å². The molecule has 0 aliphatic carbocycles. The Morgan fingerprint density at radius 3 is 2.39 bits per heavy atom. The van der Waals surface area contributed by atoms with Gasteiger partial charge in [-0.25, -0.2) is 22.7 Å². The lowest BCUT2D eigenvalue weighted by Gasteiger charge is -2.32. The van der Waals surface area contributed by atoms with E-state index >= 15 is 4.39 Å². The van der Waals surface area contributed by atoms with E-state index in [4.69, 9.17) is 4.42 Å². The van der Waals surface area contributed by atoms with Crippen LogP contribution in [0, 0.1) is 29.8 Å². The number of nitro groups is 1. The quantitative estimate of drug-likeness (QED) is 0.415. The molecule has 3 rings (SSSR count). The molecule has 0 aliphatic rings. The summed E-state index contributed by atoms with van der Waals surface area (Å²) in [6.45, 7) is 4.92. The third kappa shape index (κ3) is 3.99. The Bertz CT molecular complexity index is 1300. The number of sulfonamides is 1. The van der Waals surface area contributed by atoms with E-state index in [0.717, 1.165) is 24.3 Å². The number of nitro benzene ring substituents is 1. The van der Waals surface area contributed by atoms with Crippen LogP contribution in [0.15, 0.2) is 50.5 Å². The zero-order valence-corrected chi connectivity index (χ0v) is 17.6. The normalized spacial score (nSPS) is 13.7. The second-order valence-corrected chi connectivity index (χ2v) is 8.58. The van der Waals surface area contributed by atoms with Crippen molar-refractivity contribution < 1.29 is 22.1 Å². The number of aromatic amines is 1. The molecule has 0 saturated carbocycles. The standard InChI is InChI=1S/C19H19FN4O6S/c1-4-19(17-21-22-18(25)30-17,16-12(3)11(2)5-10-15(16)20)23-31(28,29)14-8-6-13(7-9-14)24(26)27/h5-10,23H,4H2,1-3H3,(H,22,25). The molecule has 0 fully saturated rings.